The molecule has 276 valence electrons. The molecule has 0 radical (unpaired) electrons. The minimum absolute atomic E-state index is 0.0723. The summed E-state index contributed by atoms with van der Waals surface area (Å²) in [6, 6.07) is 0. The zero-order chi connectivity index (χ0) is 34.8. The van der Waals surface area contributed by atoms with Gasteiger partial charge in [0.05, 0.1) is 12.0 Å². The summed E-state index contributed by atoms with van der Waals surface area (Å²) >= 11 is 0. The number of nitrogens with zero attached hydrogens (tertiary/aromatic N) is 1. The van der Waals surface area contributed by atoms with Crippen LogP contribution in [0, 0.1) is 70.5 Å². The van der Waals surface area contributed by atoms with E-state index in [9.17, 15) is 18.3 Å². The topological polar surface area (TPSA) is 32.7 Å². The summed E-state index contributed by atoms with van der Waals surface area (Å²) in [5, 5.41) is 11.9. The number of alkyl halides is 3. The SMILES string of the molecule is C=C(C1CCC(C)(CN2CCC(CC)CC2)C(C(F)(F)F)C1)C(O)C1CCC(C)C(C2C(C)C(=C)C3CCC(CCCCOC)CC32)C1. The maximum absolute atomic E-state index is 14.8. The summed E-state index contributed by atoms with van der Waals surface area (Å²) in [4.78, 5) is 2.30. The van der Waals surface area contributed by atoms with Crippen molar-refractivity contribution in [1.82, 2.24) is 4.90 Å². The smallest absolute Gasteiger partial charge is 0.388 e. The number of aliphatic hydroxyl groups is 1. The van der Waals surface area contributed by atoms with E-state index in [1.165, 1.54) is 37.7 Å². The van der Waals surface area contributed by atoms with Crippen LogP contribution in [0.1, 0.15) is 124 Å². The van der Waals surface area contributed by atoms with Gasteiger partial charge in [-0.1, -0.05) is 72.1 Å². The highest BCUT2D eigenvalue weighted by molar-refractivity contribution is 5.20. The van der Waals surface area contributed by atoms with E-state index in [0.29, 0.717) is 66.4 Å². The van der Waals surface area contributed by atoms with Crippen LogP contribution >= 0.6 is 0 Å². The van der Waals surface area contributed by atoms with E-state index < -0.39 is 23.6 Å². The zero-order valence-electron chi connectivity index (χ0n) is 31.2. The molecule has 3 nitrogen and oxygen atoms in total. The average molecular weight is 678 g/mol. The largest absolute Gasteiger partial charge is 0.392 e. The molecule has 48 heavy (non-hydrogen) atoms. The Morgan fingerprint density at radius 1 is 0.979 bits per heavy atom. The summed E-state index contributed by atoms with van der Waals surface area (Å²) in [7, 11) is 1.79. The number of allylic oxidation sites excluding steroid dienone is 1. The number of unbranched alkanes of at least 4 members (excludes halogenated alkanes) is 1. The van der Waals surface area contributed by atoms with Gasteiger partial charge < -0.3 is 14.7 Å². The van der Waals surface area contributed by atoms with Gasteiger partial charge in [0.15, 0.2) is 0 Å². The molecular formula is C42H70F3NO2. The van der Waals surface area contributed by atoms with Gasteiger partial charge in [0.2, 0.25) is 0 Å². The Hall–Kier alpha value is -0.850. The van der Waals surface area contributed by atoms with E-state index in [0.717, 1.165) is 70.6 Å². The predicted octanol–water partition coefficient (Wildman–Crippen LogP) is 10.7. The van der Waals surface area contributed by atoms with Gasteiger partial charge in [0.1, 0.15) is 0 Å². The van der Waals surface area contributed by atoms with Crippen LogP contribution in [0.2, 0.25) is 0 Å². The van der Waals surface area contributed by atoms with Crippen molar-refractivity contribution in [3.63, 3.8) is 0 Å². The molecule has 5 aliphatic rings. The van der Waals surface area contributed by atoms with Crippen molar-refractivity contribution in [3.8, 4) is 0 Å². The highest BCUT2D eigenvalue weighted by Crippen LogP contribution is 2.60. The van der Waals surface area contributed by atoms with Crippen LogP contribution in [-0.2, 0) is 4.74 Å². The number of ether oxygens (including phenoxy) is 1. The van der Waals surface area contributed by atoms with Crippen LogP contribution < -0.4 is 0 Å². The Balaban J connectivity index is 1.23. The van der Waals surface area contributed by atoms with Gasteiger partial charge in [-0.25, -0.2) is 0 Å². The van der Waals surface area contributed by atoms with Crippen LogP contribution in [0.4, 0.5) is 13.2 Å². The summed E-state index contributed by atoms with van der Waals surface area (Å²) in [6.07, 6.45) is 10.2. The first-order chi connectivity index (χ1) is 22.8. The number of halogens is 3. The van der Waals surface area contributed by atoms with Gasteiger partial charge in [0.25, 0.3) is 0 Å². The Morgan fingerprint density at radius 3 is 2.38 bits per heavy atom. The third-order valence-corrected chi connectivity index (χ3v) is 15.2. The fourth-order valence-corrected chi connectivity index (χ4v) is 12.0. The van der Waals surface area contributed by atoms with E-state index in [1.807, 2.05) is 6.92 Å². The number of likely N-dealkylation sites (tertiary alicyclic amines) is 1. The molecule has 5 fully saturated rings. The fourth-order valence-electron chi connectivity index (χ4n) is 12.0. The van der Waals surface area contributed by atoms with E-state index >= 15 is 0 Å². The Morgan fingerprint density at radius 2 is 1.71 bits per heavy atom. The van der Waals surface area contributed by atoms with Gasteiger partial charge in [-0.05, 0) is 154 Å². The second kappa shape index (κ2) is 16.2. The molecule has 1 heterocycles. The molecule has 4 saturated carbocycles. The van der Waals surface area contributed by atoms with Gasteiger partial charge in [-0.3, -0.25) is 0 Å². The van der Waals surface area contributed by atoms with Gasteiger partial charge in [-0.15, -0.1) is 0 Å². The Bertz CT molecular complexity index is 1070. The Labute approximate surface area is 291 Å². The fraction of sp³-hybridized carbons (Fsp3) is 0.905. The molecule has 12 atom stereocenters. The first-order valence-corrected chi connectivity index (χ1v) is 20.1. The molecule has 1 N–H and O–H groups in total. The van der Waals surface area contributed by atoms with Crippen molar-refractivity contribution in [2.24, 2.45) is 70.5 Å². The highest BCUT2D eigenvalue weighted by atomic mass is 19.4. The van der Waals surface area contributed by atoms with Crippen LogP contribution in [0.5, 0.6) is 0 Å². The molecule has 0 aromatic carbocycles. The molecule has 1 saturated heterocycles. The van der Waals surface area contributed by atoms with Crippen LogP contribution in [0.25, 0.3) is 0 Å². The second-order valence-corrected chi connectivity index (χ2v) is 18.0. The molecule has 0 spiro atoms. The lowest BCUT2D eigenvalue weighted by Crippen LogP contribution is -2.51. The maximum atomic E-state index is 14.8. The van der Waals surface area contributed by atoms with E-state index in [-0.39, 0.29) is 18.3 Å². The minimum Gasteiger partial charge on any atom is -0.388 e. The maximum Gasteiger partial charge on any atom is 0.392 e. The number of rotatable bonds is 12. The van der Waals surface area contributed by atoms with Crippen LogP contribution in [-0.4, -0.2) is 55.6 Å². The number of piperidine rings is 1. The van der Waals surface area contributed by atoms with E-state index in [1.54, 1.807) is 7.11 Å². The molecular weight excluding hydrogens is 607 g/mol. The molecule has 0 amide bonds. The Kier molecular flexibility index (Phi) is 13.0. The molecule has 4 aliphatic carbocycles. The van der Waals surface area contributed by atoms with Crippen molar-refractivity contribution >= 4 is 0 Å². The lowest BCUT2D eigenvalue weighted by Gasteiger charge is -2.49. The summed E-state index contributed by atoms with van der Waals surface area (Å²) in [5.41, 5.74) is 1.35. The molecule has 6 heteroatoms. The summed E-state index contributed by atoms with van der Waals surface area (Å²) in [6.45, 7) is 21.2. The lowest BCUT2D eigenvalue weighted by molar-refractivity contribution is -0.222. The lowest BCUT2D eigenvalue weighted by atomic mass is 9.59. The van der Waals surface area contributed by atoms with Crippen molar-refractivity contribution in [1.29, 1.82) is 0 Å². The van der Waals surface area contributed by atoms with Gasteiger partial charge >= 0.3 is 6.18 Å². The van der Waals surface area contributed by atoms with Crippen molar-refractivity contribution in [3.05, 3.63) is 24.3 Å². The molecule has 12 unspecified atom stereocenters. The molecule has 5 rings (SSSR count). The third-order valence-electron chi connectivity index (χ3n) is 15.2. The molecule has 0 bridgehead atoms. The normalized spacial score (nSPS) is 40.9. The average Bonchev–Trinajstić information content (AvgIpc) is 3.30. The minimum atomic E-state index is -4.25. The number of hydrogen-bond acceptors (Lipinski definition) is 3. The van der Waals surface area contributed by atoms with Crippen molar-refractivity contribution in [2.45, 2.75) is 136 Å². The highest BCUT2D eigenvalue weighted by Gasteiger charge is 2.55. The predicted molar refractivity (Wildman–Crippen MR) is 191 cm³/mol. The quantitative estimate of drug-likeness (QED) is 0.165. The first-order valence-electron chi connectivity index (χ1n) is 20.1. The third kappa shape index (κ3) is 8.43. The summed E-state index contributed by atoms with van der Waals surface area (Å²) in [5.74, 6) is 3.47. The van der Waals surface area contributed by atoms with Gasteiger partial charge in [0, 0.05) is 20.3 Å². The monoisotopic (exact) mass is 678 g/mol. The molecule has 0 aromatic heterocycles. The van der Waals surface area contributed by atoms with Crippen molar-refractivity contribution in [2.75, 3.05) is 33.4 Å². The molecule has 0 aromatic rings. The van der Waals surface area contributed by atoms with Crippen molar-refractivity contribution < 1.29 is 23.0 Å². The standard InChI is InChI=1S/C42H70F3NO2/c1-8-31-17-20-46(21-18-31)26-41(6)19-16-33(25-38(41)42(43,44)45)30(5)40(47)34-14-12-27(2)36(24-34)39-29(4)28(3)35-15-13-32(23-37(35)39)11-9-10-22-48-7/h27,29,31-40,47H,3,5,8-26H2,1-2,4,6-7H3. The van der Waals surface area contributed by atoms with Gasteiger partial charge in [-0.2, -0.15) is 13.2 Å². The van der Waals surface area contributed by atoms with E-state index in [2.05, 4.69) is 38.8 Å². The van der Waals surface area contributed by atoms with E-state index in [4.69, 9.17) is 4.74 Å². The van der Waals surface area contributed by atoms with Crippen LogP contribution in [0.15, 0.2) is 24.3 Å². The van der Waals surface area contributed by atoms with Crippen LogP contribution in [0.3, 0.4) is 0 Å². The number of methoxy groups -OCH3 is 1. The number of hydrogen-bond donors (Lipinski definition) is 1. The first kappa shape index (κ1) is 38.4. The number of aliphatic hydroxyl groups excluding tert-OH is 1. The molecule has 1 aliphatic heterocycles. The number of fused-ring (bicyclic) bond motifs is 1. The zero-order valence-corrected chi connectivity index (χ0v) is 31.2. The summed E-state index contributed by atoms with van der Waals surface area (Å²) < 4.78 is 49.6. The second-order valence-electron chi connectivity index (χ2n) is 18.0.